The summed E-state index contributed by atoms with van der Waals surface area (Å²) in [5, 5.41) is 14.6. The minimum atomic E-state index is -0.872. The molecule has 34 heavy (non-hydrogen) atoms. The number of aryl methyl sites for hydroxylation is 1. The Labute approximate surface area is 198 Å². The number of carboxylic acids is 1. The van der Waals surface area contributed by atoms with E-state index in [1.807, 2.05) is 56.7 Å². The lowest BCUT2D eigenvalue weighted by Crippen LogP contribution is -2.39. The van der Waals surface area contributed by atoms with Crippen LogP contribution in [0.1, 0.15) is 37.1 Å². The number of carboxylic acid groups (broad SMARTS) is 1. The van der Waals surface area contributed by atoms with E-state index in [1.165, 1.54) is 0 Å². The second kappa shape index (κ2) is 11.8. The molecule has 1 aromatic carbocycles. The van der Waals surface area contributed by atoms with E-state index in [-0.39, 0.29) is 25.0 Å². The Bertz CT molecular complexity index is 1190. The lowest BCUT2D eigenvalue weighted by molar-refractivity contribution is -0.136. The number of urea groups is 1. The average Bonchev–Trinajstić information content (AvgIpc) is 3.17. The first-order chi connectivity index (χ1) is 16.3. The van der Waals surface area contributed by atoms with Crippen LogP contribution in [0.5, 0.6) is 5.75 Å². The highest BCUT2D eigenvalue weighted by atomic mass is 16.5. The van der Waals surface area contributed by atoms with E-state index in [0.717, 1.165) is 22.4 Å². The van der Waals surface area contributed by atoms with Gasteiger partial charge in [0, 0.05) is 25.4 Å². The normalized spacial score (nSPS) is 14.1. The molecule has 0 unspecified atom stereocenters. The molecule has 3 rings (SSSR count). The van der Waals surface area contributed by atoms with E-state index in [4.69, 9.17) is 14.3 Å². The van der Waals surface area contributed by atoms with Gasteiger partial charge in [-0.2, -0.15) is 0 Å². The molecule has 1 aromatic heterocycles. The minimum Gasteiger partial charge on any atom is -0.493 e. The molecule has 0 spiro atoms. The molecule has 1 aliphatic rings. The van der Waals surface area contributed by atoms with Gasteiger partial charge in [0.2, 0.25) is 0 Å². The number of rotatable bonds is 10. The van der Waals surface area contributed by atoms with Gasteiger partial charge in [-0.3, -0.25) is 9.78 Å². The average molecular weight is 465 g/mol. The number of carbonyl (C=O) groups is 2. The molecule has 0 fully saturated rings. The van der Waals surface area contributed by atoms with Gasteiger partial charge in [-0.15, -0.1) is 30.7 Å². The molecule has 0 aliphatic heterocycles. The molecular formula is C26H30N3O5-. The summed E-state index contributed by atoms with van der Waals surface area (Å²) in [7, 11) is 0. The first-order valence-corrected chi connectivity index (χ1v) is 11.2. The van der Waals surface area contributed by atoms with Crippen LogP contribution in [0.4, 0.5) is 4.79 Å². The Kier molecular flexibility index (Phi) is 8.56. The molecule has 1 aliphatic carbocycles. The fourth-order valence-electron chi connectivity index (χ4n) is 3.38. The molecule has 8 heteroatoms. The third kappa shape index (κ3) is 7.30. The maximum absolute atomic E-state index is 12.0. The predicted molar refractivity (Wildman–Crippen MR) is 129 cm³/mol. The highest BCUT2D eigenvalue weighted by Gasteiger charge is 2.10. The summed E-state index contributed by atoms with van der Waals surface area (Å²) in [6.07, 6.45) is 10.5. The van der Waals surface area contributed by atoms with Crippen LogP contribution in [0.3, 0.4) is 0 Å². The maximum atomic E-state index is 12.0. The number of ether oxygens (including phenoxy) is 1. The van der Waals surface area contributed by atoms with Crippen molar-refractivity contribution in [2.75, 3.05) is 6.61 Å². The van der Waals surface area contributed by atoms with Crippen molar-refractivity contribution in [3.05, 3.63) is 76.7 Å². The second-order valence-corrected chi connectivity index (χ2v) is 8.16. The topological polar surface area (TPSA) is 114 Å². The van der Waals surface area contributed by atoms with Gasteiger partial charge in [-0.1, -0.05) is 18.2 Å². The summed E-state index contributed by atoms with van der Waals surface area (Å²) in [5.41, 5.74) is 4.30. The zero-order valence-corrected chi connectivity index (χ0v) is 19.5. The van der Waals surface area contributed by atoms with Gasteiger partial charge in [-0.25, -0.2) is 4.79 Å². The number of nitrogens with one attached hydrogen (secondary N) is 2. The van der Waals surface area contributed by atoms with Crippen LogP contribution in [-0.4, -0.2) is 34.7 Å². The van der Waals surface area contributed by atoms with Crippen LogP contribution < -0.4 is 26.3 Å². The molecular weight excluding hydrogens is 434 g/mol. The van der Waals surface area contributed by atoms with E-state index in [2.05, 4.69) is 22.2 Å². The van der Waals surface area contributed by atoms with Crippen molar-refractivity contribution in [2.24, 2.45) is 0 Å². The zero-order valence-electron chi connectivity index (χ0n) is 19.5. The van der Waals surface area contributed by atoms with E-state index in [1.54, 1.807) is 6.07 Å². The van der Waals surface area contributed by atoms with Crippen molar-refractivity contribution in [3.8, 4) is 5.75 Å². The van der Waals surface area contributed by atoms with Gasteiger partial charge >= 0.3 is 12.0 Å². The smallest absolute Gasteiger partial charge is 0.315 e. The van der Waals surface area contributed by atoms with Crippen LogP contribution in [0.15, 0.2) is 46.9 Å². The Balaban J connectivity index is 1.66. The summed E-state index contributed by atoms with van der Waals surface area (Å²) in [4.78, 5) is 27.5. The summed E-state index contributed by atoms with van der Waals surface area (Å²) in [6.45, 7) is 8.31. The lowest BCUT2D eigenvalue weighted by Gasteiger charge is -2.14. The van der Waals surface area contributed by atoms with Crippen molar-refractivity contribution in [1.82, 2.24) is 15.6 Å². The van der Waals surface area contributed by atoms with E-state index < -0.39 is 5.97 Å². The van der Waals surface area contributed by atoms with Gasteiger partial charge < -0.3 is 24.9 Å². The highest BCUT2D eigenvalue weighted by Crippen LogP contribution is 2.20. The zero-order chi connectivity index (χ0) is 24.5. The van der Waals surface area contributed by atoms with Gasteiger partial charge in [0.25, 0.3) is 0 Å². The summed E-state index contributed by atoms with van der Waals surface area (Å²) in [5.74, 6) is -0.249. The van der Waals surface area contributed by atoms with Crippen molar-refractivity contribution >= 4 is 24.2 Å². The molecule has 3 N–H and O–H groups in total. The lowest BCUT2D eigenvalue weighted by atomic mass is 10.0. The Hall–Kier alpha value is -3.94. The summed E-state index contributed by atoms with van der Waals surface area (Å²) in [6, 6.07) is 5.20. The third-order valence-corrected chi connectivity index (χ3v) is 5.05. The number of aliphatic carboxylic acids is 1. The van der Waals surface area contributed by atoms with Crippen molar-refractivity contribution in [3.63, 3.8) is 0 Å². The maximum Gasteiger partial charge on any atom is 0.315 e. The number of oxazole rings is 1. The van der Waals surface area contributed by atoms with E-state index in [9.17, 15) is 9.59 Å². The number of nitrogens with zero attached hydrogens (tertiary/aromatic N) is 1. The molecule has 2 amide bonds. The fourth-order valence-corrected chi connectivity index (χ4v) is 3.38. The molecule has 0 bridgehead atoms. The van der Waals surface area contributed by atoms with E-state index >= 15 is 0 Å². The van der Waals surface area contributed by atoms with Crippen molar-refractivity contribution < 1.29 is 23.8 Å². The van der Waals surface area contributed by atoms with Crippen LogP contribution in [0.2, 0.25) is 0 Å². The number of amides is 2. The van der Waals surface area contributed by atoms with Crippen molar-refractivity contribution in [1.29, 1.82) is 0 Å². The number of carbonyl (C=O) groups excluding carboxylic acids is 1. The van der Waals surface area contributed by atoms with Gasteiger partial charge in [-0.05, 0) is 43.5 Å². The van der Waals surface area contributed by atoms with Crippen LogP contribution in [0, 0.1) is 6.42 Å². The number of hydrogen-bond acceptors (Lipinski definition) is 5. The van der Waals surface area contributed by atoms with Crippen LogP contribution in [-0.2, 0) is 24.2 Å². The van der Waals surface area contributed by atoms with Crippen molar-refractivity contribution in [2.45, 2.75) is 45.7 Å². The van der Waals surface area contributed by atoms with Crippen LogP contribution in [0.25, 0.3) is 12.2 Å². The van der Waals surface area contributed by atoms with Crippen LogP contribution >= 0.6 is 0 Å². The quantitative estimate of drug-likeness (QED) is 0.466. The largest absolute Gasteiger partial charge is 0.493 e. The number of allylic oxidation sites excluding steroid dienone is 4. The molecule has 0 saturated heterocycles. The number of hydrogen-bond donors (Lipinski definition) is 3. The second-order valence-electron chi connectivity index (χ2n) is 8.16. The standard InChI is InChI=1S/C26H30N3O5/c1-17(2)28-26(32)27-16-21-15-22(11-9-19(21)10-12-24(30)31)33-14-13-23-18(3)34-25(29-23)20-7-5-4-6-8-20/h4-9,11,15,17H,3,10,12-14,16H2,1-2H3,(H,30,31)(H2,27,28,32)/q-1. The Morgan fingerprint density at radius 2 is 2.06 bits per heavy atom. The van der Waals surface area contributed by atoms with Gasteiger partial charge in [0.15, 0.2) is 0 Å². The number of benzene rings is 1. The molecule has 0 saturated carbocycles. The molecule has 1 heterocycles. The molecule has 2 aromatic rings. The predicted octanol–water partition coefficient (Wildman–Crippen LogP) is 2.41. The summed E-state index contributed by atoms with van der Waals surface area (Å²) >= 11 is 0. The first-order valence-electron chi connectivity index (χ1n) is 11.2. The molecule has 0 radical (unpaired) electrons. The van der Waals surface area contributed by atoms with Gasteiger partial charge in [0.1, 0.15) is 16.7 Å². The minimum absolute atomic E-state index is 0.00752. The number of aromatic nitrogens is 1. The monoisotopic (exact) mass is 464 g/mol. The molecule has 180 valence electrons. The molecule has 8 nitrogen and oxygen atoms in total. The summed E-state index contributed by atoms with van der Waals surface area (Å²) < 4.78 is 11.6. The fraction of sp³-hybridized carbons (Fsp3) is 0.308. The molecule has 0 atom stereocenters. The van der Waals surface area contributed by atoms with E-state index in [0.29, 0.717) is 36.2 Å². The Morgan fingerprint density at radius 3 is 2.76 bits per heavy atom. The highest BCUT2D eigenvalue weighted by molar-refractivity contribution is 5.74. The SMILES string of the molecule is C=c1oc(=C2C=CC=C[CH-]2)nc1CCOc1ccc(CCC(=O)O)c(CNC(=O)NC(C)C)c1. The third-order valence-electron chi connectivity index (χ3n) is 5.05. The Morgan fingerprint density at radius 1 is 1.24 bits per heavy atom. The van der Waals surface area contributed by atoms with Gasteiger partial charge in [0.05, 0.1) is 12.3 Å². The first kappa shape index (κ1) is 24.7.